The molecule has 0 radical (unpaired) electrons. The Labute approximate surface area is 283 Å². The molecule has 0 spiro atoms. The Bertz CT molecular complexity index is 1010. The van der Waals surface area contributed by atoms with E-state index < -0.39 is 59.2 Å². The predicted octanol–water partition coefficient (Wildman–Crippen LogP) is 6.38. The van der Waals surface area contributed by atoms with Crippen molar-refractivity contribution in [3.05, 3.63) is 12.2 Å². The molecule has 2 saturated heterocycles. The smallest absolute Gasteiger partial charge is 0.350 e. The molecule has 0 bridgehead atoms. The molecule has 2 heterocycles. The van der Waals surface area contributed by atoms with E-state index in [1.54, 1.807) is 20.8 Å². The van der Waals surface area contributed by atoms with E-state index >= 15 is 0 Å². The van der Waals surface area contributed by atoms with E-state index in [1.165, 1.54) is 64.7 Å². The quantitative estimate of drug-likeness (QED) is 0.0624. The summed E-state index contributed by atoms with van der Waals surface area (Å²) in [6.07, 6.45) is 17.4. The van der Waals surface area contributed by atoms with Crippen LogP contribution in [-0.4, -0.2) is 87.5 Å². The van der Waals surface area contributed by atoms with E-state index in [-0.39, 0.29) is 19.1 Å². The molecule has 0 aromatic rings. The third-order valence-electron chi connectivity index (χ3n) is 8.72. The standard InChI is InChI=1S/C34H63NO11S/c1-7-10-11-12-13-14-15-16-17-18-19-20-21-22-23-24-25-40-32-29(35-27(4)36)31-30(28(44-32)26-43-47(37,38)39)45-33(5,41-8-2)34(6,46-31)42-9-3/h16-17,28-32H,7-15,18-26H2,1-6H3,(H,35,36)(H,37,38,39)/b17-16-/t28-,29-,30-,31-,32+,33+,34+/m1/s1. The number of ether oxygens (including phenoxy) is 6. The summed E-state index contributed by atoms with van der Waals surface area (Å²) in [7, 11) is -4.77. The highest BCUT2D eigenvalue weighted by Gasteiger charge is 2.63. The number of carbonyl (C=O) groups excluding carboxylic acids is 1. The fourth-order valence-corrected chi connectivity index (χ4v) is 6.47. The first kappa shape index (κ1) is 42.0. The summed E-state index contributed by atoms with van der Waals surface area (Å²) in [6, 6.07) is -0.820. The van der Waals surface area contributed by atoms with Gasteiger partial charge in [0.1, 0.15) is 24.4 Å². The highest BCUT2D eigenvalue weighted by Crippen LogP contribution is 2.44. The van der Waals surface area contributed by atoms with Crippen molar-refractivity contribution < 1.29 is 50.4 Å². The molecular formula is C34H63NO11S. The Kier molecular flexibility index (Phi) is 19.5. The van der Waals surface area contributed by atoms with Crippen LogP contribution >= 0.6 is 0 Å². The molecule has 2 N–H and O–H groups in total. The predicted molar refractivity (Wildman–Crippen MR) is 179 cm³/mol. The summed E-state index contributed by atoms with van der Waals surface area (Å²) >= 11 is 0. The molecule has 1 amide bonds. The first-order valence-electron chi connectivity index (χ1n) is 17.8. The molecule has 2 aliphatic heterocycles. The highest BCUT2D eigenvalue weighted by atomic mass is 32.3. The normalized spacial score (nSPS) is 29.6. The molecule has 0 aliphatic carbocycles. The van der Waals surface area contributed by atoms with Crippen LogP contribution in [0.25, 0.3) is 0 Å². The molecular weight excluding hydrogens is 630 g/mol. The lowest BCUT2D eigenvalue weighted by atomic mass is 9.92. The van der Waals surface area contributed by atoms with E-state index in [2.05, 4.69) is 24.4 Å². The summed E-state index contributed by atoms with van der Waals surface area (Å²) in [5.74, 6) is -3.15. The van der Waals surface area contributed by atoms with Crippen LogP contribution < -0.4 is 5.32 Å². The van der Waals surface area contributed by atoms with Crippen LogP contribution in [0.1, 0.15) is 131 Å². The molecule has 2 aliphatic rings. The maximum absolute atomic E-state index is 12.3. The second-order valence-corrected chi connectivity index (χ2v) is 13.8. The second kappa shape index (κ2) is 21.8. The van der Waals surface area contributed by atoms with Gasteiger partial charge in [0.2, 0.25) is 17.5 Å². The van der Waals surface area contributed by atoms with Crippen LogP contribution in [0, 0.1) is 0 Å². The van der Waals surface area contributed by atoms with E-state index in [1.807, 2.05) is 6.92 Å². The highest BCUT2D eigenvalue weighted by molar-refractivity contribution is 7.80. The van der Waals surface area contributed by atoms with Crippen molar-refractivity contribution >= 4 is 16.3 Å². The van der Waals surface area contributed by atoms with Crippen molar-refractivity contribution in [2.24, 2.45) is 0 Å². The Hall–Kier alpha value is -1.16. The van der Waals surface area contributed by atoms with Crippen LogP contribution in [0.3, 0.4) is 0 Å². The van der Waals surface area contributed by atoms with Crippen molar-refractivity contribution in [1.29, 1.82) is 0 Å². The van der Waals surface area contributed by atoms with Gasteiger partial charge in [0.05, 0.1) is 6.61 Å². The zero-order valence-corrected chi connectivity index (χ0v) is 30.5. The topological polar surface area (TPSA) is 148 Å². The molecule has 7 atom stereocenters. The van der Waals surface area contributed by atoms with Crippen LogP contribution in [0.2, 0.25) is 0 Å². The first-order valence-corrected chi connectivity index (χ1v) is 19.2. The fraction of sp³-hybridized carbons (Fsp3) is 0.912. The van der Waals surface area contributed by atoms with Gasteiger partial charge in [0.25, 0.3) is 0 Å². The Morgan fingerprint density at radius 1 is 0.809 bits per heavy atom. The summed E-state index contributed by atoms with van der Waals surface area (Å²) in [6.45, 7) is 10.9. The van der Waals surface area contributed by atoms with Crippen molar-refractivity contribution in [2.75, 3.05) is 26.4 Å². The van der Waals surface area contributed by atoms with E-state index in [0.29, 0.717) is 6.61 Å². The van der Waals surface area contributed by atoms with Gasteiger partial charge >= 0.3 is 10.4 Å². The molecule has 47 heavy (non-hydrogen) atoms. The van der Waals surface area contributed by atoms with Crippen molar-refractivity contribution in [2.45, 2.75) is 174 Å². The maximum Gasteiger partial charge on any atom is 0.397 e. The third-order valence-corrected chi connectivity index (χ3v) is 9.16. The van der Waals surface area contributed by atoms with E-state index in [4.69, 9.17) is 32.6 Å². The van der Waals surface area contributed by atoms with Gasteiger partial charge in [-0.05, 0) is 59.8 Å². The number of nitrogens with one attached hydrogen (secondary N) is 1. The lowest BCUT2D eigenvalue weighted by molar-refractivity contribution is -0.478. The van der Waals surface area contributed by atoms with Gasteiger partial charge in [0, 0.05) is 26.7 Å². The van der Waals surface area contributed by atoms with Crippen molar-refractivity contribution in [1.82, 2.24) is 5.32 Å². The zero-order chi connectivity index (χ0) is 34.8. The van der Waals surface area contributed by atoms with Gasteiger partial charge in [-0.2, -0.15) is 8.42 Å². The van der Waals surface area contributed by atoms with Crippen molar-refractivity contribution in [3.63, 3.8) is 0 Å². The Morgan fingerprint density at radius 2 is 1.32 bits per heavy atom. The number of carbonyl (C=O) groups is 1. The van der Waals surface area contributed by atoms with Gasteiger partial charge in [0.15, 0.2) is 6.29 Å². The van der Waals surface area contributed by atoms with Crippen LogP contribution in [0.4, 0.5) is 0 Å². The van der Waals surface area contributed by atoms with Gasteiger partial charge < -0.3 is 33.7 Å². The molecule has 0 aromatic carbocycles. The molecule has 0 unspecified atom stereocenters. The summed E-state index contributed by atoms with van der Waals surface area (Å²) in [5.41, 5.74) is 0. The SMILES string of the molecule is CCCCCCCC/C=C\CCCCCCCCO[C@H]1O[C@H](COS(=O)(=O)O)[C@H]2O[C@](C)(OCC)[C@@](C)(OCC)O[C@@H]2[C@H]1NC(C)=O. The number of rotatable bonds is 25. The number of amides is 1. The minimum Gasteiger partial charge on any atom is -0.350 e. The minimum absolute atomic E-state index is 0.268. The number of fused-ring (bicyclic) bond motifs is 1. The maximum atomic E-state index is 12.3. The van der Waals surface area contributed by atoms with Crippen molar-refractivity contribution in [3.8, 4) is 0 Å². The molecule has 12 nitrogen and oxygen atoms in total. The largest absolute Gasteiger partial charge is 0.397 e. The average molecular weight is 694 g/mol. The summed E-state index contributed by atoms with van der Waals surface area (Å²) < 4.78 is 74.0. The monoisotopic (exact) mass is 693 g/mol. The molecule has 276 valence electrons. The average Bonchev–Trinajstić information content (AvgIpc) is 2.99. The van der Waals surface area contributed by atoms with Crippen LogP contribution in [0.5, 0.6) is 0 Å². The third kappa shape index (κ3) is 14.7. The minimum atomic E-state index is -4.77. The second-order valence-electron chi connectivity index (χ2n) is 12.7. The summed E-state index contributed by atoms with van der Waals surface area (Å²) in [4.78, 5) is 12.3. The molecule has 0 aromatic heterocycles. The number of hydrogen-bond donors (Lipinski definition) is 2. The number of hydrogen-bond acceptors (Lipinski definition) is 10. The molecule has 0 saturated carbocycles. The first-order chi connectivity index (χ1) is 22.4. The van der Waals surface area contributed by atoms with Gasteiger partial charge in [-0.3, -0.25) is 9.35 Å². The van der Waals surface area contributed by atoms with Gasteiger partial charge in [-0.15, -0.1) is 0 Å². The number of allylic oxidation sites excluding steroid dienone is 2. The van der Waals surface area contributed by atoms with Crippen LogP contribution in [-0.2, 0) is 47.8 Å². The van der Waals surface area contributed by atoms with Gasteiger partial charge in [-0.25, -0.2) is 4.18 Å². The van der Waals surface area contributed by atoms with E-state index in [0.717, 1.165) is 32.1 Å². The molecule has 2 fully saturated rings. The Balaban J connectivity index is 1.91. The molecule has 13 heteroatoms. The molecule has 2 rings (SSSR count). The van der Waals surface area contributed by atoms with Crippen LogP contribution in [0.15, 0.2) is 12.2 Å². The lowest BCUT2D eigenvalue weighted by Crippen LogP contribution is -2.75. The van der Waals surface area contributed by atoms with E-state index in [9.17, 15) is 17.8 Å². The number of unbranched alkanes of at least 4 members (excludes halogenated alkanes) is 12. The lowest BCUT2D eigenvalue weighted by Gasteiger charge is -2.57. The Morgan fingerprint density at radius 3 is 1.83 bits per heavy atom. The summed E-state index contributed by atoms with van der Waals surface area (Å²) in [5, 5.41) is 2.87. The zero-order valence-electron chi connectivity index (χ0n) is 29.7. The van der Waals surface area contributed by atoms with Gasteiger partial charge in [-0.1, -0.05) is 76.9 Å². The fourth-order valence-electron chi connectivity index (χ4n) is 6.17.